The van der Waals surface area contributed by atoms with Crippen LogP contribution in [0.15, 0.2) is 42.5 Å². The summed E-state index contributed by atoms with van der Waals surface area (Å²) < 4.78 is 19.4. The van der Waals surface area contributed by atoms with Gasteiger partial charge in [0.2, 0.25) is 5.91 Å². The molecule has 142 valence electrons. The molecule has 2 aromatic rings. The Hall–Kier alpha value is -2.44. The molecule has 2 aromatic carbocycles. The van der Waals surface area contributed by atoms with E-state index in [1.165, 1.54) is 12.1 Å². The number of benzene rings is 2. The standard InChI is InChI=1S/C20H19ClFNO4/c21-16-6-5-13(11-17(16)22)19-15(8-9-27-19)20(26)23-14-3-1-2-12(10-14)4-7-18(24)25/h1-3,5-6,10-11,15,19H,4,7-9H2,(H,23,26)(H,24,25)/t15-,19+/m1/s1. The lowest BCUT2D eigenvalue weighted by Crippen LogP contribution is -2.25. The Morgan fingerprint density at radius 2 is 2.07 bits per heavy atom. The highest BCUT2D eigenvalue weighted by molar-refractivity contribution is 6.30. The highest BCUT2D eigenvalue weighted by atomic mass is 35.5. The van der Waals surface area contributed by atoms with Crippen LogP contribution in [-0.2, 0) is 20.7 Å². The lowest BCUT2D eigenvalue weighted by Gasteiger charge is -2.19. The maximum absolute atomic E-state index is 13.8. The predicted molar refractivity (Wildman–Crippen MR) is 99.2 cm³/mol. The first kappa shape index (κ1) is 19.3. The summed E-state index contributed by atoms with van der Waals surface area (Å²) in [5.74, 6) is -2.09. The van der Waals surface area contributed by atoms with Gasteiger partial charge >= 0.3 is 5.97 Å². The van der Waals surface area contributed by atoms with Crippen molar-refractivity contribution in [3.63, 3.8) is 0 Å². The third-order valence-corrected chi connectivity index (χ3v) is 4.83. The number of aliphatic carboxylic acids is 1. The van der Waals surface area contributed by atoms with E-state index in [1.54, 1.807) is 24.3 Å². The molecule has 2 atom stereocenters. The molecule has 2 N–H and O–H groups in total. The number of carboxylic acids is 1. The normalized spacial score (nSPS) is 19.0. The van der Waals surface area contributed by atoms with E-state index >= 15 is 0 Å². The molecule has 0 aromatic heterocycles. The summed E-state index contributed by atoms with van der Waals surface area (Å²) in [6.07, 6.45) is 0.405. The summed E-state index contributed by atoms with van der Waals surface area (Å²) in [6, 6.07) is 11.5. The Labute approximate surface area is 161 Å². The van der Waals surface area contributed by atoms with Gasteiger partial charge in [-0.1, -0.05) is 29.8 Å². The van der Waals surface area contributed by atoms with E-state index in [1.807, 2.05) is 6.07 Å². The van der Waals surface area contributed by atoms with Gasteiger partial charge in [0.1, 0.15) is 5.82 Å². The third-order valence-electron chi connectivity index (χ3n) is 4.52. The average molecular weight is 392 g/mol. The molecule has 3 rings (SSSR count). The number of carbonyl (C=O) groups excluding carboxylic acids is 1. The molecule has 0 aliphatic carbocycles. The predicted octanol–water partition coefficient (Wildman–Crippen LogP) is 4.21. The van der Waals surface area contributed by atoms with Gasteiger partial charge in [0.15, 0.2) is 0 Å². The van der Waals surface area contributed by atoms with Crippen LogP contribution in [0.25, 0.3) is 0 Å². The number of halogens is 2. The van der Waals surface area contributed by atoms with Gasteiger partial charge in [-0.25, -0.2) is 4.39 Å². The third kappa shape index (κ3) is 4.84. The molecule has 1 saturated heterocycles. The van der Waals surface area contributed by atoms with Crippen molar-refractivity contribution in [2.24, 2.45) is 5.92 Å². The summed E-state index contributed by atoms with van der Waals surface area (Å²) in [5, 5.41) is 11.7. The molecule has 0 saturated carbocycles. The first-order valence-electron chi connectivity index (χ1n) is 8.62. The van der Waals surface area contributed by atoms with Crippen LogP contribution >= 0.6 is 11.6 Å². The number of carbonyl (C=O) groups is 2. The molecular weight excluding hydrogens is 373 g/mol. The van der Waals surface area contributed by atoms with E-state index in [2.05, 4.69) is 5.32 Å². The second-order valence-corrected chi connectivity index (χ2v) is 6.85. The van der Waals surface area contributed by atoms with Gasteiger partial charge in [-0.3, -0.25) is 9.59 Å². The number of amides is 1. The van der Waals surface area contributed by atoms with Gasteiger partial charge in [-0.15, -0.1) is 0 Å². The van der Waals surface area contributed by atoms with Crippen molar-refractivity contribution in [3.05, 3.63) is 64.4 Å². The summed E-state index contributed by atoms with van der Waals surface area (Å²) in [6.45, 7) is 0.408. The van der Waals surface area contributed by atoms with Crippen molar-refractivity contribution in [2.45, 2.75) is 25.4 Å². The molecule has 27 heavy (non-hydrogen) atoms. The number of rotatable bonds is 6. The van der Waals surface area contributed by atoms with Crippen LogP contribution in [0.1, 0.15) is 30.1 Å². The molecule has 1 aliphatic rings. The number of hydrogen-bond acceptors (Lipinski definition) is 3. The molecule has 1 heterocycles. The van der Waals surface area contributed by atoms with Crippen molar-refractivity contribution in [1.82, 2.24) is 0 Å². The van der Waals surface area contributed by atoms with Crippen LogP contribution in [0.2, 0.25) is 5.02 Å². The summed E-state index contributed by atoms with van der Waals surface area (Å²) in [5.41, 5.74) is 2.00. The van der Waals surface area contributed by atoms with E-state index in [9.17, 15) is 14.0 Å². The second-order valence-electron chi connectivity index (χ2n) is 6.44. The summed E-state index contributed by atoms with van der Waals surface area (Å²) in [4.78, 5) is 23.4. The number of anilines is 1. The van der Waals surface area contributed by atoms with Gasteiger partial charge in [0.05, 0.1) is 17.0 Å². The monoisotopic (exact) mass is 391 g/mol. The minimum Gasteiger partial charge on any atom is -0.481 e. The highest BCUT2D eigenvalue weighted by Crippen LogP contribution is 2.36. The van der Waals surface area contributed by atoms with Crippen LogP contribution in [-0.4, -0.2) is 23.6 Å². The number of aryl methyl sites for hydroxylation is 1. The Morgan fingerprint density at radius 1 is 1.26 bits per heavy atom. The fourth-order valence-electron chi connectivity index (χ4n) is 3.17. The fourth-order valence-corrected chi connectivity index (χ4v) is 3.28. The van der Waals surface area contributed by atoms with E-state index < -0.39 is 23.8 Å². The van der Waals surface area contributed by atoms with E-state index in [4.69, 9.17) is 21.4 Å². The minimum absolute atomic E-state index is 0.0240. The van der Waals surface area contributed by atoms with Crippen molar-refractivity contribution in [2.75, 3.05) is 11.9 Å². The van der Waals surface area contributed by atoms with Crippen LogP contribution in [0.4, 0.5) is 10.1 Å². The summed E-state index contributed by atoms with van der Waals surface area (Å²) in [7, 11) is 0. The molecular formula is C20H19ClFNO4. The molecule has 7 heteroatoms. The van der Waals surface area contributed by atoms with Crippen molar-refractivity contribution >= 4 is 29.2 Å². The van der Waals surface area contributed by atoms with Crippen molar-refractivity contribution in [3.8, 4) is 0 Å². The average Bonchev–Trinajstić information content (AvgIpc) is 3.12. The van der Waals surface area contributed by atoms with Gasteiger partial charge in [0.25, 0.3) is 0 Å². The number of nitrogens with one attached hydrogen (secondary N) is 1. The van der Waals surface area contributed by atoms with Crippen molar-refractivity contribution < 1.29 is 23.8 Å². The van der Waals surface area contributed by atoms with Crippen LogP contribution in [0.3, 0.4) is 0 Å². The number of carboxylic acid groups (broad SMARTS) is 1. The molecule has 0 radical (unpaired) electrons. The Morgan fingerprint density at radius 3 is 2.81 bits per heavy atom. The zero-order valence-electron chi connectivity index (χ0n) is 14.5. The highest BCUT2D eigenvalue weighted by Gasteiger charge is 2.35. The van der Waals surface area contributed by atoms with Gasteiger partial charge in [-0.05, 0) is 48.2 Å². The first-order chi connectivity index (χ1) is 12.9. The minimum atomic E-state index is -0.870. The SMILES string of the molecule is O=C(O)CCc1cccc(NC(=O)[C@@H]2CCO[C@H]2c2ccc(Cl)c(F)c2)c1. The lowest BCUT2D eigenvalue weighted by molar-refractivity contribution is -0.137. The van der Waals surface area contributed by atoms with E-state index in [0.717, 1.165) is 5.56 Å². The second kappa shape index (κ2) is 8.50. The number of ether oxygens (including phenoxy) is 1. The Balaban J connectivity index is 1.70. The lowest BCUT2D eigenvalue weighted by atomic mass is 9.94. The van der Waals surface area contributed by atoms with Crippen LogP contribution in [0.5, 0.6) is 0 Å². The molecule has 1 amide bonds. The Kier molecular flexibility index (Phi) is 6.08. The molecule has 0 unspecified atom stereocenters. The van der Waals surface area contributed by atoms with Crippen LogP contribution < -0.4 is 5.32 Å². The zero-order valence-corrected chi connectivity index (χ0v) is 15.2. The van der Waals surface area contributed by atoms with Crippen molar-refractivity contribution in [1.29, 1.82) is 0 Å². The van der Waals surface area contributed by atoms with Gasteiger partial charge < -0.3 is 15.2 Å². The number of hydrogen-bond donors (Lipinski definition) is 2. The smallest absolute Gasteiger partial charge is 0.303 e. The fraction of sp³-hybridized carbons (Fsp3) is 0.300. The summed E-state index contributed by atoms with van der Waals surface area (Å²) >= 11 is 5.72. The van der Waals surface area contributed by atoms with Gasteiger partial charge in [0, 0.05) is 18.7 Å². The molecule has 1 fully saturated rings. The van der Waals surface area contributed by atoms with Gasteiger partial charge in [-0.2, -0.15) is 0 Å². The largest absolute Gasteiger partial charge is 0.481 e. The maximum atomic E-state index is 13.8. The molecule has 5 nitrogen and oxygen atoms in total. The molecule has 0 spiro atoms. The first-order valence-corrected chi connectivity index (χ1v) is 9.00. The maximum Gasteiger partial charge on any atom is 0.303 e. The zero-order chi connectivity index (χ0) is 19.4. The van der Waals surface area contributed by atoms with E-state index in [0.29, 0.717) is 30.7 Å². The quantitative estimate of drug-likeness (QED) is 0.773. The van der Waals surface area contributed by atoms with Crippen LogP contribution in [0, 0.1) is 11.7 Å². The Bertz CT molecular complexity index is 858. The molecule has 0 bridgehead atoms. The molecule has 1 aliphatic heterocycles. The van der Waals surface area contributed by atoms with E-state index in [-0.39, 0.29) is 17.4 Å². The topological polar surface area (TPSA) is 75.6 Å².